The van der Waals surface area contributed by atoms with E-state index in [9.17, 15) is 0 Å². The SMILES string of the molecule is CCCc1nc(NN)c(C)c(N(CC2CC2)C(C)C)n1. The molecular weight excluding hydrogens is 250 g/mol. The largest absolute Gasteiger partial charge is 0.354 e. The first-order valence-corrected chi connectivity index (χ1v) is 7.67. The number of anilines is 2. The lowest BCUT2D eigenvalue weighted by Crippen LogP contribution is -2.34. The number of nitrogens with two attached hydrogens (primary N) is 1. The van der Waals surface area contributed by atoms with Crippen LogP contribution in [0.3, 0.4) is 0 Å². The summed E-state index contributed by atoms with van der Waals surface area (Å²) in [5.74, 6) is 9.11. The van der Waals surface area contributed by atoms with Crippen LogP contribution in [0.4, 0.5) is 11.6 Å². The van der Waals surface area contributed by atoms with Crippen molar-refractivity contribution in [2.45, 2.75) is 59.4 Å². The van der Waals surface area contributed by atoms with E-state index in [0.717, 1.165) is 48.3 Å². The van der Waals surface area contributed by atoms with Gasteiger partial charge in [0.05, 0.1) is 0 Å². The molecule has 112 valence electrons. The van der Waals surface area contributed by atoms with Gasteiger partial charge in [-0.05, 0) is 46.0 Å². The predicted octanol–water partition coefficient (Wildman–Crippen LogP) is 2.65. The zero-order valence-corrected chi connectivity index (χ0v) is 13.1. The molecule has 0 amide bonds. The lowest BCUT2D eigenvalue weighted by molar-refractivity contribution is 0.630. The summed E-state index contributed by atoms with van der Waals surface area (Å²) in [6.07, 6.45) is 4.61. The van der Waals surface area contributed by atoms with E-state index in [1.54, 1.807) is 0 Å². The van der Waals surface area contributed by atoms with Crippen molar-refractivity contribution >= 4 is 11.6 Å². The van der Waals surface area contributed by atoms with Gasteiger partial charge in [0.2, 0.25) is 0 Å². The molecule has 1 saturated carbocycles. The van der Waals surface area contributed by atoms with Crippen molar-refractivity contribution in [3.05, 3.63) is 11.4 Å². The number of aromatic nitrogens is 2. The van der Waals surface area contributed by atoms with Gasteiger partial charge in [-0.2, -0.15) is 0 Å². The summed E-state index contributed by atoms with van der Waals surface area (Å²) in [5.41, 5.74) is 3.76. The highest BCUT2D eigenvalue weighted by molar-refractivity contribution is 5.58. The molecule has 1 aliphatic rings. The molecule has 1 fully saturated rings. The highest BCUT2D eigenvalue weighted by atomic mass is 15.3. The van der Waals surface area contributed by atoms with E-state index < -0.39 is 0 Å². The Labute approximate surface area is 121 Å². The standard InChI is InChI=1S/C15H27N5/c1-5-6-13-17-14(19-16)11(4)15(18-13)20(10(2)3)9-12-7-8-12/h10,12H,5-9,16H2,1-4H3,(H,17,18,19). The van der Waals surface area contributed by atoms with Crippen molar-refractivity contribution in [2.24, 2.45) is 11.8 Å². The topological polar surface area (TPSA) is 67.1 Å². The predicted molar refractivity (Wildman–Crippen MR) is 83.8 cm³/mol. The van der Waals surface area contributed by atoms with Crippen LogP contribution < -0.4 is 16.2 Å². The number of nitrogens with zero attached hydrogens (tertiary/aromatic N) is 3. The Bertz CT molecular complexity index is 454. The number of nitrogens with one attached hydrogen (secondary N) is 1. The third-order valence-electron chi connectivity index (χ3n) is 3.82. The van der Waals surface area contributed by atoms with E-state index >= 15 is 0 Å². The van der Waals surface area contributed by atoms with Crippen LogP contribution in [0, 0.1) is 12.8 Å². The van der Waals surface area contributed by atoms with Crippen LogP contribution in [0.25, 0.3) is 0 Å². The molecule has 1 heterocycles. The van der Waals surface area contributed by atoms with Gasteiger partial charge in [0.15, 0.2) is 0 Å². The van der Waals surface area contributed by atoms with Crippen molar-refractivity contribution in [1.82, 2.24) is 9.97 Å². The number of nitrogen functional groups attached to an aromatic ring is 1. The third-order valence-corrected chi connectivity index (χ3v) is 3.82. The third kappa shape index (κ3) is 3.39. The molecule has 0 aliphatic heterocycles. The van der Waals surface area contributed by atoms with Gasteiger partial charge in [-0.15, -0.1) is 0 Å². The molecule has 1 aromatic heterocycles. The smallest absolute Gasteiger partial charge is 0.148 e. The molecule has 0 aromatic carbocycles. The molecule has 20 heavy (non-hydrogen) atoms. The number of hydrogen-bond donors (Lipinski definition) is 2. The molecule has 0 unspecified atom stereocenters. The summed E-state index contributed by atoms with van der Waals surface area (Å²) < 4.78 is 0. The van der Waals surface area contributed by atoms with Gasteiger partial charge in [-0.1, -0.05) is 6.92 Å². The maximum absolute atomic E-state index is 5.62. The maximum Gasteiger partial charge on any atom is 0.148 e. The summed E-state index contributed by atoms with van der Waals surface area (Å²) >= 11 is 0. The van der Waals surface area contributed by atoms with Gasteiger partial charge in [0, 0.05) is 24.6 Å². The zero-order valence-electron chi connectivity index (χ0n) is 13.1. The van der Waals surface area contributed by atoms with Gasteiger partial charge < -0.3 is 10.3 Å². The number of hydrazine groups is 1. The Morgan fingerprint density at radius 2 is 2.05 bits per heavy atom. The van der Waals surface area contributed by atoms with Crippen molar-refractivity contribution in [2.75, 3.05) is 16.9 Å². The highest BCUT2D eigenvalue weighted by Gasteiger charge is 2.27. The van der Waals surface area contributed by atoms with E-state index in [-0.39, 0.29) is 0 Å². The number of aryl methyl sites for hydroxylation is 1. The van der Waals surface area contributed by atoms with Crippen molar-refractivity contribution < 1.29 is 0 Å². The fourth-order valence-corrected chi connectivity index (χ4v) is 2.43. The van der Waals surface area contributed by atoms with Gasteiger partial charge >= 0.3 is 0 Å². The molecule has 0 saturated heterocycles. The van der Waals surface area contributed by atoms with Crippen molar-refractivity contribution in [3.8, 4) is 0 Å². The summed E-state index contributed by atoms with van der Waals surface area (Å²) in [6, 6.07) is 0.435. The minimum absolute atomic E-state index is 0.435. The van der Waals surface area contributed by atoms with Crippen molar-refractivity contribution in [1.29, 1.82) is 0 Å². The first-order chi connectivity index (χ1) is 9.56. The Balaban J connectivity index is 2.36. The summed E-state index contributed by atoms with van der Waals surface area (Å²) in [4.78, 5) is 11.7. The second-order valence-electron chi connectivity index (χ2n) is 6.02. The number of hydrogen-bond acceptors (Lipinski definition) is 5. The molecule has 1 aliphatic carbocycles. The molecule has 2 rings (SSSR count). The average molecular weight is 277 g/mol. The molecule has 1 aromatic rings. The Hall–Kier alpha value is -1.36. The van der Waals surface area contributed by atoms with Gasteiger partial charge in [-0.25, -0.2) is 15.8 Å². The van der Waals surface area contributed by atoms with Gasteiger partial charge in [-0.3, -0.25) is 0 Å². The van der Waals surface area contributed by atoms with Crippen molar-refractivity contribution in [3.63, 3.8) is 0 Å². The highest BCUT2D eigenvalue weighted by Crippen LogP contribution is 2.33. The molecule has 5 nitrogen and oxygen atoms in total. The van der Waals surface area contributed by atoms with Crippen LogP contribution in [0.1, 0.15) is 51.4 Å². The molecule has 5 heteroatoms. The Morgan fingerprint density at radius 3 is 2.55 bits per heavy atom. The molecule has 0 spiro atoms. The van der Waals surface area contributed by atoms with Crippen LogP contribution >= 0.6 is 0 Å². The minimum atomic E-state index is 0.435. The maximum atomic E-state index is 5.62. The Morgan fingerprint density at radius 1 is 1.35 bits per heavy atom. The normalized spacial score (nSPS) is 14.7. The lowest BCUT2D eigenvalue weighted by atomic mass is 10.2. The van der Waals surface area contributed by atoms with Crippen LogP contribution in [0.5, 0.6) is 0 Å². The fraction of sp³-hybridized carbons (Fsp3) is 0.733. The summed E-state index contributed by atoms with van der Waals surface area (Å²) in [7, 11) is 0. The van der Waals surface area contributed by atoms with E-state index in [4.69, 9.17) is 10.8 Å². The summed E-state index contributed by atoms with van der Waals surface area (Å²) in [5, 5.41) is 0. The molecule has 0 bridgehead atoms. The van der Waals surface area contributed by atoms with Crippen LogP contribution in [-0.2, 0) is 6.42 Å². The zero-order chi connectivity index (χ0) is 14.7. The monoisotopic (exact) mass is 277 g/mol. The molecular formula is C15H27N5. The lowest BCUT2D eigenvalue weighted by Gasteiger charge is -2.30. The molecule has 0 atom stereocenters. The quantitative estimate of drug-likeness (QED) is 0.592. The fourth-order valence-electron chi connectivity index (χ4n) is 2.43. The molecule has 3 N–H and O–H groups in total. The van der Waals surface area contributed by atoms with Gasteiger partial charge in [0.25, 0.3) is 0 Å². The first kappa shape index (κ1) is 15.0. The van der Waals surface area contributed by atoms with Crippen LogP contribution in [0.15, 0.2) is 0 Å². The van der Waals surface area contributed by atoms with E-state index in [0.29, 0.717) is 6.04 Å². The minimum Gasteiger partial charge on any atom is -0.354 e. The Kier molecular flexibility index (Phi) is 4.81. The molecule has 0 radical (unpaired) electrons. The first-order valence-electron chi connectivity index (χ1n) is 7.67. The van der Waals surface area contributed by atoms with E-state index in [2.05, 4.69) is 36.1 Å². The van der Waals surface area contributed by atoms with Crippen LogP contribution in [-0.4, -0.2) is 22.6 Å². The van der Waals surface area contributed by atoms with Gasteiger partial charge in [0.1, 0.15) is 17.5 Å². The number of rotatable bonds is 7. The average Bonchev–Trinajstić information content (AvgIpc) is 3.22. The van der Waals surface area contributed by atoms with E-state index in [1.807, 2.05) is 6.92 Å². The van der Waals surface area contributed by atoms with E-state index in [1.165, 1.54) is 12.8 Å². The second-order valence-corrected chi connectivity index (χ2v) is 6.02. The second kappa shape index (κ2) is 6.39. The van der Waals surface area contributed by atoms with Crippen LogP contribution in [0.2, 0.25) is 0 Å². The summed E-state index contributed by atoms with van der Waals surface area (Å²) in [6.45, 7) is 9.72.